The summed E-state index contributed by atoms with van der Waals surface area (Å²) in [5.74, 6) is 2.70. The Balaban J connectivity index is 1.21. The Morgan fingerprint density at radius 3 is 2.93 bits per heavy atom. The van der Waals surface area contributed by atoms with Crippen LogP contribution in [0.3, 0.4) is 0 Å². The Morgan fingerprint density at radius 2 is 2.00 bits per heavy atom. The Bertz CT molecular complexity index is 1110. The van der Waals surface area contributed by atoms with E-state index in [9.17, 15) is 0 Å². The van der Waals surface area contributed by atoms with Gasteiger partial charge < -0.3 is 18.8 Å². The topological polar surface area (TPSA) is 48.8 Å². The molecule has 1 fully saturated rings. The molecule has 1 spiro atoms. The molecule has 6 rings (SSSR count). The van der Waals surface area contributed by atoms with Gasteiger partial charge in [0.05, 0.1) is 18.4 Å². The van der Waals surface area contributed by atoms with E-state index >= 15 is 0 Å². The molecule has 0 amide bonds. The highest BCUT2D eigenvalue weighted by molar-refractivity contribution is 5.60. The quantitative estimate of drug-likeness (QED) is 0.666. The van der Waals surface area contributed by atoms with Gasteiger partial charge in [-0.15, -0.1) is 0 Å². The van der Waals surface area contributed by atoms with E-state index in [-0.39, 0.29) is 5.60 Å². The summed E-state index contributed by atoms with van der Waals surface area (Å²) in [5, 5.41) is 0. The number of rotatable bonds is 3. The fraction of sp³-hybridized carbons (Fsp3) is 0.375. The highest BCUT2D eigenvalue weighted by Crippen LogP contribution is 2.37. The minimum Gasteiger partial charge on any atom is -0.454 e. The standard InChI is InChI=1S/C24H25N3O3/c1-17-3-2-4-19(9-17)20-11-25-23-13-30-24(15-27(20)23)7-8-26(14-24)12-18-5-6-21-22(10-18)29-16-28-21/h2-6,9-11H,7-8,12-16H2,1H3/t24-/m1/s1. The smallest absolute Gasteiger partial charge is 0.231 e. The Hall–Kier alpha value is -2.83. The maximum Gasteiger partial charge on any atom is 0.231 e. The minimum absolute atomic E-state index is 0.150. The summed E-state index contributed by atoms with van der Waals surface area (Å²) in [6.07, 6.45) is 3.02. The lowest BCUT2D eigenvalue weighted by molar-refractivity contribution is -0.0821. The van der Waals surface area contributed by atoms with Crippen molar-refractivity contribution in [1.82, 2.24) is 14.5 Å². The fourth-order valence-electron chi connectivity index (χ4n) is 4.90. The molecule has 4 heterocycles. The first-order valence-corrected chi connectivity index (χ1v) is 10.5. The number of imidazole rings is 1. The van der Waals surface area contributed by atoms with E-state index in [0.29, 0.717) is 13.4 Å². The SMILES string of the molecule is Cc1cccc(-c2cnc3n2C[C@]2(CCN(Cc4ccc5c(c4)OCO5)C2)OC3)c1. The number of hydrogen-bond donors (Lipinski definition) is 0. The summed E-state index contributed by atoms with van der Waals surface area (Å²) in [5.41, 5.74) is 4.77. The van der Waals surface area contributed by atoms with Crippen molar-refractivity contribution in [2.45, 2.75) is 38.6 Å². The van der Waals surface area contributed by atoms with Crippen molar-refractivity contribution in [3.63, 3.8) is 0 Å². The number of likely N-dealkylation sites (tertiary alicyclic amines) is 1. The summed E-state index contributed by atoms with van der Waals surface area (Å²) in [4.78, 5) is 7.11. The molecule has 6 nitrogen and oxygen atoms in total. The zero-order valence-electron chi connectivity index (χ0n) is 17.1. The maximum atomic E-state index is 6.40. The molecule has 0 unspecified atom stereocenters. The molecule has 1 saturated heterocycles. The van der Waals surface area contributed by atoms with Gasteiger partial charge in [-0.25, -0.2) is 4.98 Å². The molecule has 0 bridgehead atoms. The van der Waals surface area contributed by atoms with E-state index in [4.69, 9.17) is 14.2 Å². The minimum atomic E-state index is -0.150. The first kappa shape index (κ1) is 18.0. The van der Waals surface area contributed by atoms with Crippen LogP contribution in [0.25, 0.3) is 11.3 Å². The third-order valence-electron chi connectivity index (χ3n) is 6.44. The number of nitrogens with zero attached hydrogens (tertiary/aromatic N) is 3. The van der Waals surface area contributed by atoms with Crippen molar-refractivity contribution in [2.24, 2.45) is 0 Å². The Labute approximate surface area is 176 Å². The molecule has 154 valence electrons. The third kappa shape index (κ3) is 3.07. The summed E-state index contributed by atoms with van der Waals surface area (Å²) in [7, 11) is 0. The van der Waals surface area contributed by atoms with Crippen molar-refractivity contribution >= 4 is 0 Å². The summed E-state index contributed by atoms with van der Waals surface area (Å²) >= 11 is 0. The van der Waals surface area contributed by atoms with E-state index in [1.54, 1.807) is 0 Å². The number of benzene rings is 2. The predicted molar refractivity (Wildman–Crippen MR) is 112 cm³/mol. The fourth-order valence-corrected chi connectivity index (χ4v) is 4.90. The largest absolute Gasteiger partial charge is 0.454 e. The van der Waals surface area contributed by atoms with Gasteiger partial charge in [-0.1, -0.05) is 29.8 Å². The van der Waals surface area contributed by atoms with Crippen molar-refractivity contribution in [3.05, 3.63) is 65.6 Å². The number of aryl methyl sites for hydroxylation is 1. The second-order valence-electron chi connectivity index (χ2n) is 8.64. The number of fused-ring (bicyclic) bond motifs is 2. The Kier molecular flexibility index (Phi) is 4.11. The molecule has 2 aromatic carbocycles. The molecule has 0 aliphatic carbocycles. The molecule has 6 heteroatoms. The van der Waals surface area contributed by atoms with Gasteiger partial charge in [-0.2, -0.15) is 0 Å². The van der Waals surface area contributed by atoms with E-state index in [1.165, 1.54) is 22.4 Å². The zero-order chi connectivity index (χ0) is 20.1. The lowest BCUT2D eigenvalue weighted by Crippen LogP contribution is -2.44. The van der Waals surface area contributed by atoms with Crippen LogP contribution in [0.4, 0.5) is 0 Å². The van der Waals surface area contributed by atoms with Crippen LogP contribution in [0.15, 0.2) is 48.7 Å². The van der Waals surface area contributed by atoms with Crippen LogP contribution < -0.4 is 9.47 Å². The van der Waals surface area contributed by atoms with Gasteiger partial charge in [-0.05, 0) is 37.1 Å². The van der Waals surface area contributed by atoms with E-state index in [0.717, 1.165) is 49.9 Å². The van der Waals surface area contributed by atoms with Crippen molar-refractivity contribution in [1.29, 1.82) is 0 Å². The van der Waals surface area contributed by atoms with E-state index in [2.05, 4.69) is 57.8 Å². The summed E-state index contributed by atoms with van der Waals surface area (Å²) in [6, 6.07) is 14.9. The molecule has 0 saturated carbocycles. The molecule has 3 aliphatic heterocycles. The maximum absolute atomic E-state index is 6.40. The van der Waals surface area contributed by atoms with Crippen molar-refractivity contribution in [2.75, 3.05) is 19.9 Å². The molecule has 0 N–H and O–H groups in total. The normalized spacial score (nSPS) is 22.6. The molecular weight excluding hydrogens is 378 g/mol. The predicted octanol–water partition coefficient (Wildman–Crippen LogP) is 3.76. The molecule has 3 aromatic rings. The number of ether oxygens (including phenoxy) is 3. The highest BCUT2D eigenvalue weighted by Gasteiger charge is 2.43. The van der Waals surface area contributed by atoms with Crippen LogP contribution in [0.2, 0.25) is 0 Å². The summed E-state index contributed by atoms with van der Waals surface area (Å²) < 4.78 is 19.7. The first-order chi connectivity index (χ1) is 14.7. The molecule has 30 heavy (non-hydrogen) atoms. The molecule has 0 radical (unpaired) electrons. The molecular formula is C24H25N3O3. The number of hydrogen-bond acceptors (Lipinski definition) is 5. The lowest BCUT2D eigenvalue weighted by atomic mass is 10.0. The molecule has 3 aliphatic rings. The summed E-state index contributed by atoms with van der Waals surface area (Å²) in [6.45, 7) is 6.71. The molecule has 1 aromatic heterocycles. The van der Waals surface area contributed by atoms with Gasteiger partial charge >= 0.3 is 0 Å². The average molecular weight is 403 g/mol. The third-order valence-corrected chi connectivity index (χ3v) is 6.44. The van der Waals surface area contributed by atoms with Crippen molar-refractivity contribution < 1.29 is 14.2 Å². The van der Waals surface area contributed by atoms with Gasteiger partial charge in [0.25, 0.3) is 0 Å². The van der Waals surface area contributed by atoms with Crippen molar-refractivity contribution in [3.8, 4) is 22.8 Å². The van der Waals surface area contributed by atoms with Crippen LogP contribution in [-0.2, 0) is 24.4 Å². The first-order valence-electron chi connectivity index (χ1n) is 10.5. The average Bonchev–Trinajstić information content (AvgIpc) is 3.47. The number of aromatic nitrogens is 2. The second kappa shape index (κ2) is 6.86. The second-order valence-corrected chi connectivity index (χ2v) is 8.64. The Morgan fingerprint density at radius 1 is 1.07 bits per heavy atom. The van der Waals surface area contributed by atoms with Crippen LogP contribution in [0.5, 0.6) is 11.5 Å². The van der Waals surface area contributed by atoms with Crippen LogP contribution in [0, 0.1) is 6.92 Å². The molecule has 1 atom stereocenters. The highest BCUT2D eigenvalue weighted by atomic mass is 16.7. The van der Waals surface area contributed by atoms with Gasteiger partial charge in [0.1, 0.15) is 18.0 Å². The van der Waals surface area contributed by atoms with Gasteiger partial charge in [0, 0.05) is 25.2 Å². The van der Waals surface area contributed by atoms with Crippen LogP contribution >= 0.6 is 0 Å². The monoisotopic (exact) mass is 403 g/mol. The van der Waals surface area contributed by atoms with E-state index in [1.807, 2.05) is 12.3 Å². The van der Waals surface area contributed by atoms with E-state index < -0.39 is 0 Å². The van der Waals surface area contributed by atoms with Crippen LogP contribution in [-0.4, -0.2) is 39.9 Å². The lowest BCUT2D eigenvalue weighted by Gasteiger charge is -2.35. The zero-order valence-corrected chi connectivity index (χ0v) is 17.1. The van der Waals surface area contributed by atoms with Crippen LogP contribution in [0.1, 0.15) is 23.4 Å². The van der Waals surface area contributed by atoms with Gasteiger partial charge in [0.15, 0.2) is 11.5 Å². The van der Waals surface area contributed by atoms with Gasteiger partial charge in [-0.3, -0.25) is 4.90 Å². The van der Waals surface area contributed by atoms with Gasteiger partial charge in [0.2, 0.25) is 6.79 Å².